The summed E-state index contributed by atoms with van der Waals surface area (Å²) in [5.41, 5.74) is 7.18. The Balaban J connectivity index is 2.42. The second-order valence-corrected chi connectivity index (χ2v) is 4.00. The van der Waals surface area contributed by atoms with Crippen LogP contribution in [0.5, 0.6) is 0 Å². The Labute approximate surface area is 96.6 Å². The fraction of sp³-hybridized carbons (Fsp3) is 0.385. The molecule has 0 saturated heterocycles. The van der Waals surface area contributed by atoms with Crippen molar-refractivity contribution in [3.63, 3.8) is 0 Å². The zero-order chi connectivity index (χ0) is 11.1. The number of rotatable bonds is 4. The van der Waals surface area contributed by atoms with Crippen molar-refractivity contribution in [1.29, 1.82) is 0 Å². The zero-order valence-corrected chi connectivity index (χ0v) is 9.72. The SMILES string of the molecule is CC#CCCC(N)Cc1cccc(Cl)c1. The van der Waals surface area contributed by atoms with Crippen molar-refractivity contribution in [2.24, 2.45) is 5.73 Å². The van der Waals surface area contributed by atoms with Gasteiger partial charge in [-0.25, -0.2) is 0 Å². The van der Waals surface area contributed by atoms with E-state index < -0.39 is 0 Å². The summed E-state index contributed by atoms with van der Waals surface area (Å²) in [5, 5.41) is 0.771. The number of hydrogen-bond donors (Lipinski definition) is 1. The summed E-state index contributed by atoms with van der Waals surface area (Å²) < 4.78 is 0. The molecule has 2 N–H and O–H groups in total. The lowest BCUT2D eigenvalue weighted by molar-refractivity contribution is 0.623. The Bertz CT molecular complexity index is 362. The largest absolute Gasteiger partial charge is 0.327 e. The van der Waals surface area contributed by atoms with Gasteiger partial charge in [-0.2, -0.15) is 0 Å². The van der Waals surface area contributed by atoms with Gasteiger partial charge in [0.05, 0.1) is 0 Å². The lowest BCUT2D eigenvalue weighted by Crippen LogP contribution is -2.22. The number of halogens is 1. The average molecular weight is 222 g/mol. The summed E-state index contributed by atoms with van der Waals surface area (Å²) in [7, 11) is 0. The highest BCUT2D eigenvalue weighted by Gasteiger charge is 2.03. The molecular weight excluding hydrogens is 206 g/mol. The van der Waals surface area contributed by atoms with Gasteiger partial charge in [0.25, 0.3) is 0 Å². The van der Waals surface area contributed by atoms with Crippen LogP contribution in [0.25, 0.3) is 0 Å². The summed E-state index contributed by atoms with van der Waals surface area (Å²) in [6, 6.07) is 8.02. The van der Waals surface area contributed by atoms with Crippen LogP contribution in [-0.2, 0) is 6.42 Å². The predicted octanol–water partition coefficient (Wildman–Crippen LogP) is 3.01. The van der Waals surface area contributed by atoms with Crippen LogP contribution in [0.15, 0.2) is 24.3 Å². The molecule has 0 heterocycles. The van der Waals surface area contributed by atoms with E-state index in [0.717, 1.165) is 24.3 Å². The maximum atomic E-state index is 5.99. The summed E-state index contributed by atoms with van der Waals surface area (Å²) in [6.07, 6.45) is 2.68. The molecule has 0 aromatic heterocycles. The van der Waals surface area contributed by atoms with Crippen LogP contribution in [0.1, 0.15) is 25.3 Å². The Kier molecular flexibility index (Phi) is 5.25. The van der Waals surface area contributed by atoms with E-state index in [4.69, 9.17) is 17.3 Å². The molecule has 15 heavy (non-hydrogen) atoms. The standard InChI is InChI=1S/C13H16ClN/c1-2-3-4-8-13(15)10-11-6-5-7-12(14)9-11/h5-7,9,13H,4,8,10,15H2,1H3. The molecule has 1 aromatic carbocycles. The zero-order valence-electron chi connectivity index (χ0n) is 8.96. The highest BCUT2D eigenvalue weighted by atomic mass is 35.5. The van der Waals surface area contributed by atoms with E-state index in [1.54, 1.807) is 0 Å². The summed E-state index contributed by atoms with van der Waals surface area (Å²) in [5.74, 6) is 5.89. The molecule has 0 saturated carbocycles. The van der Waals surface area contributed by atoms with Gasteiger partial charge in [0, 0.05) is 17.5 Å². The van der Waals surface area contributed by atoms with Crippen LogP contribution < -0.4 is 5.73 Å². The number of benzene rings is 1. The van der Waals surface area contributed by atoms with Gasteiger partial charge in [0.2, 0.25) is 0 Å². The van der Waals surface area contributed by atoms with Gasteiger partial charge >= 0.3 is 0 Å². The van der Waals surface area contributed by atoms with Crippen molar-refractivity contribution in [2.75, 3.05) is 0 Å². The first kappa shape index (κ1) is 12.1. The molecule has 0 aliphatic carbocycles. The lowest BCUT2D eigenvalue weighted by Gasteiger charge is -2.09. The van der Waals surface area contributed by atoms with Gasteiger partial charge in [0.1, 0.15) is 0 Å². The molecule has 80 valence electrons. The Morgan fingerprint density at radius 2 is 2.27 bits per heavy atom. The summed E-state index contributed by atoms with van der Waals surface area (Å²) >= 11 is 5.89. The van der Waals surface area contributed by atoms with Crippen LogP contribution >= 0.6 is 11.6 Å². The van der Waals surface area contributed by atoms with Gasteiger partial charge < -0.3 is 5.73 Å². The predicted molar refractivity (Wildman–Crippen MR) is 65.8 cm³/mol. The third kappa shape index (κ3) is 4.88. The maximum absolute atomic E-state index is 5.99. The van der Waals surface area contributed by atoms with Crippen LogP contribution in [0.4, 0.5) is 0 Å². The summed E-state index contributed by atoms with van der Waals surface area (Å²) in [6.45, 7) is 1.85. The third-order valence-electron chi connectivity index (χ3n) is 2.20. The molecule has 0 bridgehead atoms. The lowest BCUT2D eigenvalue weighted by atomic mass is 10.0. The van der Waals surface area contributed by atoms with Gasteiger partial charge in [0.15, 0.2) is 0 Å². The Hall–Kier alpha value is -0.970. The van der Waals surface area contributed by atoms with Crippen molar-refractivity contribution in [1.82, 2.24) is 0 Å². The minimum absolute atomic E-state index is 0.171. The quantitative estimate of drug-likeness (QED) is 0.778. The first-order valence-corrected chi connectivity index (χ1v) is 5.50. The highest BCUT2D eigenvalue weighted by Crippen LogP contribution is 2.12. The Morgan fingerprint density at radius 3 is 2.93 bits per heavy atom. The molecule has 0 aliphatic rings. The topological polar surface area (TPSA) is 26.0 Å². The van der Waals surface area contributed by atoms with E-state index in [9.17, 15) is 0 Å². The van der Waals surface area contributed by atoms with Gasteiger partial charge in [-0.3, -0.25) is 0 Å². The molecule has 1 unspecified atom stereocenters. The van der Waals surface area contributed by atoms with Crippen LogP contribution in [0, 0.1) is 11.8 Å². The minimum Gasteiger partial charge on any atom is -0.327 e. The average Bonchev–Trinajstić information content (AvgIpc) is 2.18. The molecule has 2 heteroatoms. The van der Waals surface area contributed by atoms with E-state index in [-0.39, 0.29) is 6.04 Å². The van der Waals surface area contributed by atoms with E-state index in [2.05, 4.69) is 17.9 Å². The number of nitrogens with two attached hydrogens (primary N) is 1. The van der Waals surface area contributed by atoms with Crippen molar-refractivity contribution >= 4 is 11.6 Å². The first-order valence-electron chi connectivity index (χ1n) is 5.12. The normalized spacial score (nSPS) is 11.7. The molecule has 0 spiro atoms. The molecule has 1 aromatic rings. The smallest absolute Gasteiger partial charge is 0.0408 e. The van der Waals surface area contributed by atoms with Crippen molar-refractivity contribution in [2.45, 2.75) is 32.2 Å². The van der Waals surface area contributed by atoms with Crippen LogP contribution in [0.3, 0.4) is 0 Å². The second kappa shape index (κ2) is 6.50. The monoisotopic (exact) mass is 221 g/mol. The fourth-order valence-electron chi connectivity index (χ4n) is 1.45. The van der Waals surface area contributed by atoms with E-state index in [0.29, 0.717) is 0 Å². The molecule has 1 nitrogen and oxygen atoms in total. The van der Waals surface area contributed by atoms with Gasteiger partial charge in [-0.15, -0.1) is 11.8 Å². The van der Waals surface area contributed by atoms with Crippen LogP contribution in [-0.4, -0.2) is 6.04 Å². The number of hydrogen-bond acceptors (Lipinski definition) is 1. The van der Waals surface area contributed by atoms with Crippen LogP contribution in [0.2, 0.25) is 5.02 Å². The fourth-order valence-corrected chi connectivity index (χ4v) is 1.66. The molecule has 1 rings (SSSR count). The summed E-state index contributed by atoms with van der Waals surface area (Å²) in [4.78, 5) is 0. The van der Waals surface area contributed by atoms with Crippen molar-refractivity contribution < 1.29 is 0 Å². The molecule has 0 fully saturated rings. The maximum Gasteiger partial charge on any atom is 0.0408 e. The van der Waals surface area contributed by atoms with Crippen molar-refractivity contribution in [3.05, 3.63) is 34.9 Å². The van der Waals surface area contributed by atoms with Gasteiger partial charge in [-0.1, -0.05) is 23.7 Å². The molecule has 0 amide bonds. The highest BCUT2D eigenvalue weighted by molar-refractivity contribution is 6.30. The van der Waals surface area contributed by atoms with E-state index in [1.807, 2.05) is 25.1 Å². The molecule has 0 aliphatic heterocycles. The molecule has 0 radical (unpaired) electrons. The van der Waals surface area contributed by atoms with E-state index in [1.165, 1.54) is 5.56 Å². The Morgan fingerprint density at radius 1 is 1.47 bits per heavy atom. The van der Waals surface area contributed by atoms with Crippen molar-refractivity contribution in [3.8, 4) is 11.8 Å². The first-order chi connectivity index (χ1) is 7.22. The van der Waals surface area contributed by atoms with E-state index >= 15 is 0 Å². The minimum atomic E-state index is 0.171. The third-order valence-corrected chi connectivity index (χ3v) is 2.44. The molecular formula is C13H16ClN. The van der Waals surface area contributed by atoms with Gasteiger partial charge in [-0.05, 0) is 37.5 Å². The second-order valence-electron chi connectivity index (χ2n) is 3.56. The molecule has 1 atom stereocenters.